The van der Waals surface area contributed by atoms with Gasteiger partial charge in [-0.2, -0.15) is 0 Å². The van der Waals surface area contributed by atoms with Crippen LogP contribution in [0, 0.1) is 0 Å². The Morgan fingerprint density at radius 3 is 1.22 bits per heavy atom. The van der Waals surface area contributed by atoms with Gasteiger partial charge in [0.05, 0.1) is 0 Å². The van der Waals surface area contributed by atoms with Gasteiger partial charge >= 0.3 is 177 Å². The summed E-state index contributed by atoms with van der Waals surface area (Å²) in [6.07, 6.45) is 7.04. The Morgan fingerprint density at radius 2 is 1.00 bits per heavy atom. The van der Waals surface area contributed by atoms with Crippen LogP contribution in [0.25, 0.3) is 0 Å². The summed E-state index contributed by atoms with van der Waals surface area (Å²) in [6, 6.07) is 1.65. The maximum atomic E-state index is 5.04. The van der Waals surface area contributed by atoms with Gasteiger partial charge in [0, 0.05) is 0 Å². The third kappa shape index (κ3) is 11.2. The van der Waals surface area contributed by atoms with Crippen molar-refractivity contribution in [3.05, 3.63) is 0 Å². The topological polar surface area (TPSA) is 31.2 Å². The van der Waals surface area contributed by atoms with Crippen LogP contribution in [0.4, 0.5) is 0 Å². The standard InChI is InChI=1S/C22H46GeN4/c1-11-13-15-21(24-17(3)4)26(19(7)8)23-27(20(9)10)22(16-14-12-2)25-18(5)6/h17-20H,11-16H2,1-10H3. The van der Waals surface area contributed by atoms with Crippen LogP contribution in [0.15, 0.2) is 9.98 Å². The molecule has 5 heteroatoms. The molecule has 0 heterocycles. The molecule has 0 aromatic heterocycles. The molecule has 0 bridgehead atoms. The number of unbranched alkanes of at least 4 members (excludes halogenated alkanes) is 2. The van der Waals surface area contributed by atoms with E-state index >= 15 is 0 Å². The molecule has 0 unspecified atom stereocenters. The van der Waals surface area contributed by atoms with E-state index in [2.05, 4.69) is 77.0 Å². The monoisotopic (exact) mass is 440 g/mol. The van der Waals surface area contributed by atoms with Crippen molar-refractivity contribution in [1.82, 2.24) is 7.71 Å². The second kappa shape index (κ2) is 14.5. The van der Waals surface area contributed by atoms with Crippen molar-refractivity contribution in [2.24, 2.45) is 9.98 Å². The average molecular weight is 439 g/mol. The Bertz CT molecular complexity index is 402. The molecule has 0 aromatic carbocycles. The third-order valence-electron chi connectivity index (χ3n) is 4.13. The number of aliphatic imine (C=N–C) groups is 2. The number of hydrogen-bond donors (Lipinski definition) is 0. The molecule has 0 saturated heterocycles. The van der Waals surface area contributed by atoms with E-state index in [1.807, 2.05) is 0 Å². The van der Waals surface area contributed by atoms with Gasteiger partial charge in [0.1, 0.15) is 0 Å². The molecule has 0 aliphatic heterocycles. The predicted octanol–water partition coefficient (Wildman–Crippen LogP) is 5.94. The summed E-state index contributed by atoms with van der Waals surface area (Å²) in [7, 11) is 0. The van der Waals surface area contributed by atoms with Crippen molar-refractivity contribution in [2.45, 2.75) is 132 Å². The predicted molar refractivity (Wildman–Crippen MR) is 124 cm³/mol. The Labute approximate surface area is 177 Å². The molecule has 0 atom stereocenters. The third-order valence-corrected chi connectivity index (χ3v) is 8.28. The van der Waals surface area contributed by atoms with Gasteiger partial charge in [0.15, 0.2) is 0 Å². The first kappa shape index (κ1) is 26.5. The molecule has 0 aromatic rings. The summed E-state index contributed by atoms with van der Waals surface area (Å²) < 4.78 is 5.24. The Kier molecular flexibility index (Phi) is 14.2. The summed E-state index contributed by atoms with van der Waals surface area (Å²) in [4.78, 5) is 10.1. The zero-order valence-corrected chi connectivity index (χ0v) is 21.9. The fourth-order valence-electron chi connectivity index (χ4n) is 2.82. The van der Waals surface area contributed by atoms with E-state index in [1.165, 1.54) is 37.4 Å². The molecule has 27 heavy (non-hydrogen) atoms. The normalized spacial score (nSPS) is 13.4. The molecular weight excluding hydrogens is 393 g/mol. The van der Waals surface area contributed by atoms with E-state index in [4.69, 9.17) is 9.98 Å². The van der Waals surface area contributed by atoms with Gasteiger partial charge in [-0.25, -0.2) is 0 Å². The first-order chi connectivity index (χ1) is 12.6. The molecule has 2 radical (unpaired) electrons. The van der Waals surface area contributed by atoms with Crippen molar-refractivity contribution in [1.29, 1.82) is 0 Å². The SMILES string of the molecule is CCCCC(=NC(C)C)[N]([Ge][N](C(CCCC)=NC(C)C)C(C)C)C(C)C. The van der Waals surface area contributed by atoms with Crippen LogP contribution in [0.1, 0.15) is 108 Å². The van der Waals surface area contributed by atoms with Gasteiger partial charge in [-0.3, -0.25) is 0 Å². The molecule has 0 fully saturated rings. The number of amidine groups is 2. The minimum absolute atomic E-state index is 0.348. The van der Waals surface area contributed by atoms with E-state index in [9.17, 15) is 0 Å². The van der Waals surface area contributed by atoms with Crippen molar-refractivity contribution in [2.75, 3.05) is 0 Å². The van der Waals surface area contributed by atoms with Crippen LogP contribution in [-0.4, -0.2) is 59.4 Å². The van der Waals surface area contributed by atoms with E-state index < -0.39 is 15.9 Å². The van der Waals surface area contributed by atoms with Crippen molar-refractivity contribution >= 4 is 27.5 Å². The zero-order chi connectivity index (χ0) is 21.0. The van der Waals surface area contributed by atoms with Gasteiger partial charge < -0.3 is 0 Å². The molecular formula is C22H46GeN4. The second-order valence-corrected chi connectivity index (χ2v) is 11.0. The molecule has 158 valence electrons. The molecule has 0 aliphatic rings. The van der Waals surface area contributed by atoms with Crippen LogP contribution >= 0.6 is 0 Å². The average Bonchev–Trinajstić information content (AvgIpc) is 2.55. The molecule has 0 amide bonds. The van der Waals surface area contributed by atoms with Crippen LogP contribution in [0.3, 0.4) is 0 Å². The minimum atomic E-state index is -0.531. The Balaban J connectivity index is 5.76. The summed E-state index contributed by atoms with van der Waals surface area (Å²) in [5, 5.41) is 0. The molecule has 0 spiro atoms. The van der Waals surface area contributed by atoms with Gasteiger partial charge in [-0.15, -0.1) is 0 Å². The van der Waals surface area contributed by atoms with Crippen LogP contribution in [0.5, 0.6) is 0 Å². The first-order valence-corrected chi connectivity index (χ1v) is 13.0. The summed E-state index contributed by atoms with van der Waals surface area (Å²) in [5.41, 5.74) is 0. The first-order valence-electron chi connectivity index (χ1n) is 11.1. The molecule has 0 aliphatic carbocycles. The number of nitrogens with zero attached hydrogens (tertiary/aromatic N) is 4. The van der Waals surface area contributed by atoms with Crippen LogP contribution in [-0.2, 0) is 0 Å². The summed E-state index contributed by atoms with van der Waals surface area (Å²) >= 11 is -0.531. The van der Waals surface area contributed by atoms with Crippen molar-refractivity contribution in [3.63, 3.8) is 0 Å². The van der Waals surface area contributed by atoms with Crippen molar-refractivity contribution in [3.8, 4) is 0 Å². The molecule has 0 saturated carbocycles. The van der Waals surface area contributed by atoms with Crippen LogP contribution < -0.4 is 0 Å². The van der Waals surface area contributed by atoms with Gasteiger partial charge in [-0.1, -0.05) is 0 Å². The molecule has 0 N–H and O–H groups in total. The molecule has 0 rings (SSSR count). The second-order valence-electron chi connectivity index (χ2n) is 8.51. The number of hydrogen-bond acceptors (Lipinski definition) is 2. The van der Waals surface area contributed by atoms with Crippen molar-refractivity contribution < 1.29 is 0 Å². The fourth-order valence-corrected chi connectivity index (χ4v) is 5.47. The van der Waals surface area contributed by atoms with Gasteiger partial charge in [-0.05, 0) is 0 Å². The van der Waals surface area contributed by atoms with Crippen LogP contribution in [0.2, 0.25) is 0 Å². The van der Waals surface area contributed by atoms with E-state index in [-0.39, 0.29) is 0 Å². The molecule has 4 nitrogen and oxygen atoms in total. The fraction of sp³-hybridized carbons (Fsp3) is 0.909. The van der Waals surface area contributed by atoms with E-state index in [0.29, 0.717) is 24.2 Å². The number of rotatable bonds is 12. The maximum absolute atomic E-state index is 5.04. The Morgan fingerprint density at radius 1 is 0.667 bits per heavy atom. The quantitative estimate of drug-likeness (QED) is 0.214. The van der Waals surface area contributed by atoms with E-state index in [0.717, 1.165) is 12.8 Å². The van der Waals surface area contributed by atoms with Gasteiger partial charge in [0.25, 0.3) is 0 Å². The summed E-state index contributed by atoms with van der Waals surface area (Å²) in [6.45, 7) is 22.6. The summed E-state index contributed by atoms with van der Waals surface area (Å²) in [5.74, 6) is 2.62. The van der Waals surface area contributed by atoms with Gasteiger partial charge in [0.2, 0.25) is 0 Å². The zero-order valence-electron chi connectivity index (χ0n) is 19.8. The Hall–Kier alpha value is -0.517. The van der Waals surface area contributed by atoms with E-state index in [1.54, 1.807) is 0 Å².